The first-order valence-corrected chi connectivity index (χ1v) is 5.25. The van der Waals surface area contributed by atoms with Crippen LogP contribution in [-0.4, -0.2) is 27.4 Å². The number of hydrogen-bond donors (Lipinski definition) is 1. The molecule has 0 fully saturated rings. The largest absolute Gasteiger partial charge is 0.478 e. The maximum atomic E-state index is 13.0. The standard InChI is InChI=1S/C11H5F5N2O3/c12-10(13,11(14,15)16)9-18-17-7(21-9)5-1-3-6(4-2-5)8(19)20/h1-4H,(H,19,20). The van der Waals surface area contributed by atoms with E-state index in [1.807, 2.05) is 0 Å². The van der Waals surface area contributed by atoms with E-state index in [0.717, 1.165) is 24.3 Å². The number of aromatic nitrogens is 2. The van der Waals surface area contributed by atoms with E-state index >= 15 is 0 Å². The van der Waals surface area contributed by atoms with Crippen LogP contribution in [-0.2, 0) is 5.92 Å². The number of halogens is 5. The molecule has 0 saturated carbocycles. The zero-order valence-corrected chi connectivity index (χ0v) is 9.86. The molecular weight excluding hydrogens is 303 g/mol. The van der Waals surface area contributed by atoms with Crippen LogP contribution in [0.5, 0.6) is 0 Å². The number of aromatic carboxylic acids is 1. The van der Waals surface area contributed by atoms with Crippen molar-refractivity contribution in [2.24, 2.45) is 0 Å². The van der Waals surface area contributed by atoms with E-state index < -0.39 is 29.8 Å². The first-order chi connectivity index (χ1) is 9.63. The van der Waals surface area contributed by atoms with E-state index in [1.54, 1.807) is 0 Å². The molecule has 0 spiro atoms. The number of rotatable bonds is 3. The number of hydrogen-bond acceptors (Lipinski definition) is 4. The second-order valence-electron chi connectivity index (χ2n) is 3.87. The summed E-state index contributed by atoms with van der Waals surface area (Å²) in [7, 11) is 0. The summed E-state index contributed by atoms with van der Waals surface area (Å²) in [4.78, 5) is 10.6. The number of carbonyl (C=O) groups is 1. The summed E-state index contributed by atoms with van der Waals surface area (Å²) in [5, 5.41) is 14.5. The van der Waals surface area contributed by atoms with Gasteiger partial charge in [-0.1, -0.05) is 0 Å². The Morgan fingerprint density at radius 2 is 1.62 bits per heavy atom. The van der Waals surface area contributed by atoms with Crippen molar-refractivity contribution in [1.82, 2.24) is 10.2 Å². The molecule has 0 amide bonds. The lowest BCUT2D eigenvalue weighted by Crippen LogP contribution is -2.34. The molecule has 0 aliphatic carbocycles. The normalized spacial score (nSPS) is 12.4. The van der Waals surface area contributed by atoms with Gasteiger partial charge < -0.3 is 9.52 Å². The van der Waals surface area contributed by atoms with Crippen molar-refractivity contribution in [2.75, 3.05) is 0 Å². The fourth-order valence-electron chi connectivity index (χ4n) is 1.34. The third-order valence-electron chi connectivity index (χ3n) is 2.43. The van der Waals surface area contributed by atoms with E-state index in [0.29, 0.717) is 0 Å². The Morgan fingerprint density at radius 3 is 2.10 bits per heavy atom. The highest BCUT2D eigenvalue weighted by Crippen LogP contribution is 2.43. The zero-order chi connectivity index (χ0) is 15.8. The Labute approximate surface area is 113 Å². The van der Waals surface area contributed by atoms with Crippen LogP contribution < -0.4 is 0 Å². The van der Waals surface area contributed by atoms with Crippen molar-refractivity contribution in [1.29, 1.82) is 0 Å². The molecule has 5 nitrogen and oxygen atoms in total. The highest BCUT2D eigenvalue weighted by Gasteiger charge is 2.63. The van der Waals surface area contributed by atoms with Gasteiger partial charge in [-0.15, -0.1) is 10.2 Å². The predicted octanol–water partition coefficient (Wildman–Crippen LogP) is 3.09. The zero-order valence-electron chi connectivity index (χ0n) is 9.86. The first kappa shape index (κ1) is 14.9. The molecule has 0 unspecified atom stereocenters. The topological polar surface area (TPSA) is 76.2 Å². The van der Waals surface area contributed by atoms with Crippen LogP contribution in [0.4, 0.5) is 22.0 Å². The molecule has 1 aromatic carbocycles. The quantitative estimate of drug-likeness (QED) is 0.882. The minimum Gasteiger partial charge on any atom is -0.478 e. The smallest absolute Gasteiger partial charge is 0.463 e. The van der Waals surface area contributed by atoms with Crippen LogP contribution in [0.1, 0.15) is 16.2 Å². The molecule has 0 atom stereocenters. The summed E-state index contributed by atoms with van der Waals surface area (Å²) >= 11 is 0. The Hall–Kier alpha value is -2.52. The summed E-state index contributed by atoms with van der Waals surface area (Å²) in [5.41, 5.74) is -0.0872. The third kappa shape index (κ3) is 2.69. The average molecular weight is 308 g/mol. The number of carboxylic acid groups (broad SMARTS) is 1. The molecule has 21 heavy (non-hydrogen) atoms. The van der Waals surface area contributed by atoms with Gasteiger partial charge in [-0.2, -0.15) is 22.0 Å². The molecule has 2 aromatic rings. The number of carboxylic acids is 1. The second-order valence-corrected chi connectivity index (χ2v) is 3.87. The van der Waals surface area contributed by atoms with Crippen LogP contribution >= 0.6 is 0 Å². The third-order valence-corrected chi connectivity index (χ3v) is 2.43. The van der Waals surface area contributed by atoms with E-state index in [4.69, 9.17) is 5.11 Å². The lowest BCUT2D eigenvalue weighted by molar-refractivity contribution is -0.297. The number of benzene rings is 1. The Balaban J connectivity index is 2.34. The van der Waals surface area contributed by atoms with E-state index in [9.17, 15) is 26.7 Å². The molecule has 2 rings (SSSR count). The highest BCUT2D eigenvalue weighted by atomic mass is 19.4. The molecule has 0 radical (unpaired) electrons. The second kappa shape index (κ2) is 4.79. The SMILES string of the molecule is O=C(O)c1ccc(-c2nnc(C(F)(F)C(F)(F)F)o2)cc1. The van der Waals surface area contributed by atoms with Gasteiger partial charge in [0.05, 0.1) is 5.56 Å². The number of nitrogens with zero attached hydrogens (tertiary/aromatic N) is 2. The molecule has 112 valence electrons. The van der Waals surface area contributed by atoms with Gasteiger partial charge in [0.1, 0.15) is 0 Å². The first-order valence-electron chi connectivity index (χ1n) is 5.25. The molecule has 0 aliphatic rings. The molecule has 0 saturated heterocycles. The monoisotopic (exact) mass is 308 g/mol. The minimum absolute atomic E-state index is 0.0109. The van der Waals surface area contributed by atoms with Crippen molar-refractivity contribution in [2.45, 2.75) is 12.1 Å². The molecule has 1 heterocycles. The van der Waals surface area contributed by atoms with Crippen molar-refractivity contribution in [3.8, 4) is 11.5 Å². The van der Waals surface area contributed by atoms with Crippen LogP contribution in [0.3, 0.4) is 0 Å². The van der Waals surface area contributed by atoms with E-state index in [1.165, 1.54) is 0 Å². The van der Waals surface area contributed by atoms with Gasteiger partial charge in [-0.3, -0.25) is 0 Å². The maximum absolute atomic E-state index is 13.0. The van der Waals surface area contributed by atoms with Crippen molar-refractivity contribution >= 4 is 5.97 Å². The molecule has 10 heteroatoms. The predicted molar refractivity (Wildman–Crippen MR) is 56.6 cm³/mol. The molecule has 0 aliphatic heterocycles. The Kier molecular flexibility index (Phi) is 3.39. The molecular formula is C11H5F5N2O3. The van der Waals surface area contributed by atoms with Crippen LogP contribution in [0.15, 0.2) is 28.7 Å². The van der Waals surface area contributed by atoms with Crippen molar-refractivity contribution < 1.29 is 36.3 Å². The average Bonchev–Trinajstić information content (AvgIpc) is 2.87. The van der Waals surface area contributed by atoms with E-state index in [2.05, 4.69) is 14.6 Å². The summed E-state index contributed by atoms with van der Waals surface area (Å²) in [5.74, 6) is -8.95. The summed E-state index contributed by atoms with van der Waals surface area (Å²) in [6.45, 7) is 0. The van der Waals surface area contributed by atoms with Crippen molar-refractivity contribution in [3.05, 3.63) is 35.7 Å². The molecule has 0 bridgehead atoms. The summed E-state index contributed by atoms with van der Waals surface area (Å²) in [6, 6.07) is 4.52. The lowest BCUT2D eigenvalue weighted by Gasteiger charge is -2.14. The van der Waals surface area contributed by atoms with Crippen LogP contribution in [0.25, 0.3) is 11.5 Å². The van der Waals surface area contributed by atoms with Gasteiger partial charge in [-0.25, -0.2) is 4.79 Å². The summed E-state index contributed by atoms with van der Waals surface area (Å²) in [6.07, 6.45) is -5.86. The van der Waals surface area contributed by atoms with Crippen LogP contribution in [0.2, 0.25) is 0 Å². The van der Waals surface area contributed by atoms with Gasteiger partial charge >= 0.3 is 18.1 Å². The van der Waals surface area contributed by atoms with Crippen molar-refractivity contribution in [3.63, 3.8) is 0 Å². The fourth-order valence-corrected chi connectivity index (χ4v) is 1.34. The van der Waals surface area contributed by atoms with Crippen LogP contribution in [0, 0.1) is 0 Å². The fraction of sp³-hybridized carbons (Fsp3) is 0.182. The highest BCUT2D eigenvalue weighted by molar-refractivity contribution is 5.88. The van der Waals surface area contributed by atoms with Gasteiger partial charge in [-0.05, 0) is 24.3 Å². The van der Waals surface area contributed by atoms with Gasteiger partial charge in [0.25, 0.3) is 5.89 Å². The van der Waals surface area contributed by atoms with Gasteiger partial charge in [0.15, 0.2) is 0 Å². The maximum Gasteiger partial charge on any atom is 0.463 e. The minimum atomic E-state index is -5.86. The van der Waals surface area contributed by atoms with E-state index in [-0.39, 0.29) is 11.1 Å². The van der Waals surface area contributed by atoms with Gasteiger partial charge in [0.2, 0.25) is 5.89 Å². The Bertz CT molecular complexity index is 663. The summed E-state index contributed by atoms with van der Waals surface area (Å²) < 4.78 is 66.6. The van der Waals surface area contributed by atoms with Gasteiger partial charge in [0, 0.05) is 5.56 Å². The molecule has 1 aromatic heterocycles. The lowest BCUT2D eigenvalue weighted by atomic mass is 10.1. The molecule has 1 N–H and O–H groups in total. The number of alkyl halides is 5. The Morgan fingerprint density at radius 1 is 1.05 bits per heavy atom.